The lowest BCUT2D eigenvalue weighted by atomic mass is 10.5. The summed E-state index contributed by atoms with van der Waals surface area (Å²) in [6.07, 6.45) is 2.96. The largest absolute Gasteiger partial charge is 0.147 e. The van der Waals surface area contributed by atoms with Crippen LogP contribution in [0.1, 0.15) is 13.3 Å². The molecular weight excluding hydrogens is 83.5 g/mol. The molecule has 0 aliphatic rings. The zero-order chi connectivity index (χ0) is 3.41. The Kier molecular flexibility index (Phi) is 16.0. The average Bonchev–Trinajstić information content (AvgIpc) is 1.37. The maximum atomic E-state index is 3.48. The van der Waals surface area contributed by atoms with E-state index in [0.717, 1.165) is 6.42 Å². The van der Waals surface area contributed by atoms with Gasteiger partial charge >= 0.3 is 0 Å². The van der Waals surface area contributed by atoms with E-state index in [2.05, 4.69) is 13.5 Å². The van der Waals surface area contributed by atoms with Gasteiger partial charge in [-0.05, 0) is 6.42 Å². The summed E-state index contributed by atoms with van der Waals surface area (Å²) in [5, 5.41) is 0. The normalized spacial score (nSPS) is 5.00. The van der Waals surface area contributed by atoms with Gasteiger partial charge in [-0.25, -0.2) is 0 Å². The van der Waals surface area contributed by atoms with Gasteiger partial charge in [-0.3, -0.25) is 0 Å². The van der Waals surface area contributed by atoms with E-state index < -0.39 is 0 Å². The molecule has 0 saturated heterocycles. The first kappa shape index (κ1) is 8.90. The van der Waals surface area contributed by atoms with Crippen LogP contribution in [0.25, 0.3) is 0 Å². The van der Waals surface area contributed by atoms with Crippen molar-refractivity contribution in [3.05, 3.63) is 12.7 Å². The fourth-order valence-electron chi connectivity index (χ4n) is 0. The van der Waals surface area contributed by atoms with Gasteiger partial charge in [0.2, 0.25) is 0 Å². The number of hydrogen-bond donors (Lipinski definition) is 0. The van der Waals surface area contributed by atoms with Crippen LogP contribution in [0.5, 0.6) is 0 Å². The molecule has 0 N–H and O–H groups in total. The van der Waals surface area contributed by atoms with E-state index in [9.17, 15) is 0 Å². The average molecular weight is 92.6 g/mol. The first-order valence-corrected chi connectivity index (χ1v) is 1.52. The summed E-state index contributed by atoms with van der Waals surface area (Å²) in [4.78, 5) is 0. The van der Waals surface area contributed by atoms with E-state index in [4.69, 9.17) is 0 Å². The zero-order valence-corrected chi connectivity index (χ0v) is 4.22. The monoisotopic (exact) mass is 92.0 g/mol. The molecule has 0 aromatic rings. The molecule has 0 rings (SSSR count). The molecule has 0 atom stereocenters. The molecule has 0 aliphatic heterocycles. The van der Waals surface area contributed by atoms with Gasteiger partial charge in [0.25, 0.3) is 0 Å². The second kappa shape index (κ2) is 8.98. The molecule has 0 aromatic heterocycles. The van der Waals surface area contributed by atoms with E-state index in [0.29, 0.717) is 0 Å². The summed E-state index contributed by atoms with van der Waals surface area (Å²) in [6, 6.07) is 0. The van der Waals surface area contributed by atoms with Crippen LogP contribution < -0.4 is 0 Å². The highest BCUT2D eigenvalue weighted by Gasteiger charge is 1.45. The lowest BCUT2D eigenvalue weighted by Gasteiger charge is -1.57. The van der Waals surface area contributed by atoms with Gasteiger partial charge in [0, 0.05) is 0 Å². The molecule has 0 aliphatic carbocycles. The van der Waals surface area contributed by atoms with Crippen molar-refractivity contribution in [1.29, 1.82) is 0 Å². The van der Waals surface area contributed by atoms with Crippen LogP contribution in [-0.2, 0) is 0 Å². The Balaban J connectivity index is 0. The van der Waals surface area contributed by atoms with E-state index in [1.807, 2.05) is 6.08 Å². The third-order valence-electron chi connectivity index (χ3n) is 0.289. The number of rotatable bonds is 1. The molecule has 1 heteroatoms. The van der Waals surface area contributed by atoms with Crippen molar-refractivity contribution in [2.24, 2.45) is 0 Å². The second-order valence-electron chi connectivity index (χ2n) is 0.697. The molecule has 0 nitrogen and oxygen atoms in total. The van der Waals surface area contributed by atoms with E-state index >= 15 is 0 Å². The third-order valence-corrected chi connectivity index (χ3v) is 0.289. The molecule has 0 fully saturated rings. The van der Waals surface area contributed by atoms with Gasteiger partial charge < -0.3 is 0 Å². The Morgan fingerprint density at radius 1 is 1.80 bits per heavy atom. The van der Waals surface area contributed by atoms with Crippen LogP contribution in [0.2, 0.25) is 0 Å². The minimum atomic E-state index is 0. The van der Waals surface area contributed by atoms with Crippen molar-refractivity contribution in [3.8, 4) is 0 Å². The van der Waals surface area contributed by atoms with E-state index in [-0.39, 0.29) is 12.4 Å². The Morgan fingerprint density at radius 3 is 2.00 bits per heavy atom. The van der Waals surface area contributed by atoms with Crippen molar-refractivity contribution >= 4 is 12.4 Å². The van der Waals surface area contributed by atoms with Gasteiger partial charge in [-0.15, -0.1) is 19.0 Å². The Bertz CT molecular complexity index is 17.6. The van der Waals surface area contributed by atoms with Crippen LogP contribution >= 0.6 is 12.4 Å². The van der Waals surface area contributed by atoms with Crippen LogP contribution in [0.3, 0.4) is 0 Å². The van der Waals surface area contributed by atoms with Crippen LogP contribution in [-0.4, -0.2) is 0 Å². The maximum absolute atomic E-state index is 3.48. The Morgan fingerprint density at radius 2 is 2.00 bits per heavy atom. The van der Waals surface area contributed by atoms with Crippen molar-refractivity contribution in [3.63, 3.8) is 0 Å². The molecular formula is C4H9Cl. The van der Waals surface area contributed by atoms with Crippen molar-refractivity contribution < 1.29 is 0 Å². The highest BCUT2D eigenvalue weighted by molar-refractivity contribution is 5.85. The molecule has 5 heavy (non-hydrogen) atoms. The summed E-state index contributed by atoms with van der Waals surface area (Å²) in [5.41, 5.74) is 0. The highest BCUT2D eigenvalue weighted by atomic mass is 35.5. The first-order valence-electron chi connectivity index (χ1n) is 1.52. The molecule has 0 spiro atoms. The highest BCUT2D eigenvalue weighted by Crippen LogP contribution is 1.66. The maximum Gasteiger partial charge on any atom is -0.0382 e. The van der Waals surface area contributed by atoms with E-state index in [1.54, 1.807) is 0 Å². The summed E-state index contributed by atoms with van der Waals surface area (Å²) < 4.78 is 0. The lowest BCUT2D eigenvalue weighted by Crippen LogP contribution is -1.36. The minimum absolute atomic E-state index is 0. The Labute approximate surface area is 39.3 Å². The van der Waals surface area contributed by atoms with Crippen LogP contribution in [0.15, 0.2) is 12.7 Å². The van der Waals surface area contributed by atoms with E-state index in [1.165, 1.54) is 0 Å². The summed E-state index contributed by atoms with van der Waals surface area (Å²) >= 11 is 0. The number of hydrogen-bond acceptors (Lipinski definition) is 0. The molecule has 0 unspecified atom stereocenters. The number of halogens is 1. The van der Waals surface area contributed by atoms with Crippen molar-refractivity contribution in [2.45, 2.75) is 13.3 Å². The molecule has 32 valence electrons. The topological polar surface area (TPSA) is 0 Å². The first-order chi connectivity index (χ1) is 1.91. The predicted octanol–water partition coefficient (Wildman–Crippen LogP) is 2.00. The smallest absolute Gasteiger partial charge is 0.0382 e. The summed E-state index contributed by atoms with van der Waals surface area (Å²) in [6.45, 7) is 5.54. The Hall–Kier alpha value is 0.0300. The summed E-state index contributed by atoms with van der Waals surface area (Å²) in [7, 11) is 0. The minimum Gasteiger partial charge on any atom is -0.147 e. The van der Waals surface area contributed by atoms with Crippen LogP contribution in [0.4, 0.5) is 0 Å². The predicted molar refractivity (Wildman–Crippen MR) is 27.7 cm³/mol. The SMILES string of the molecule is C=CCC.Cl. The lowest BCUT2D eigenvalue weighted by molar-refractivity contribution is 1.23. The van der Waals surface area contributed by atoms with Crippen LogP contribution in [0, 0.1) is 0 Å². The molecule has 0 saturated carbocycles. The zero-order valence-electron chi connectivity index (χ0n) is 3.40. The van der Waals surface area contributed by atoms with Gasteiger partial charge in [0.15, 0.2) is 0 Å². The molecule has 0 amide bonds. The molecule has 0 aromatic carbocycles. The van der Waals surface area contributed by atoms with Crippen molar-refractivity contribution in [2.75, 3.05) is 0 Å². The van der Waals surface area contributed by atoms with Crippen molar-refractivity contribution in [1.82, 2.24) is 0 Å². The fourth-order valence-corrected chi connectivity index (χ4v) is 0. The standard InChI is InChI=1S/C4H8.ClH/c1-3-4-2;/h3H,1,4H2,2H3;1H. The summed E-state index contributed by atoms with van der Waals surface area (Å²) in [5.74, 6) is 0. The van der Waals surface area contributed by atoms with Gasteiger partial charge in [0.1, 0.15) is 0 Å². The second-order valence-corrected chi connectivity index (χ2v) is 0.697. The fraction of sp³-hybridized carbons (Fsp3) is 0.500. The quantitative estimate of drug-likeness (QED) is 0.434. The molecule has 0 radical (unpaired) electrons. The molecule has 0 bridgehead atoms. The van der Waals surface area contributed by atoms with Gasteiger partial charge in [-0.2, -0.15) is 0 Å². The third kappa shape index (κ3) is 15.7. The van der Waals surface area contributed by atoms with Gasteiger partial charge in [0.05, 0.1) is 0 Å². The van der Waals surface area contributed by atoms with Gasteiger partial charge in [-0.1, -0.05) is 13.0 Å². The number of allylic oxidation sites excluding steroid dienone is 1. The molecule has 0 heterocycles.